The number of halogens is 1. The molecule has 0 radical (unpaired) electrons. The molecule has 2 N–H and O–H groups in total. The van der Waals surface area contributed by atoms with E-state index in [2.05, 4.69) is 55.5 Å². The summed E-state index contributed by atoms with van der Waals surface area (Å²) in [6.45, 7) is 7.42. The predicted molar refractivity (Wildman–Crippen MR) is 140 cm³/mol. The number of rotatable bonds is 5. The molecular formula is C27H31FN8. The summed E-state index contributed by atoms with van der Waals surface area (Å²) in [5.41, 5.74) is 4.30. The lowest BCUT2D eigenvalue weighted by atomic mass is 9.97. The fourth-order valence-electron chi connectivity index (χ4n) is 5.75. The van der Waals surface area contributed by atoms with Gasteiger partial charge < -0.3 is 15.5 Å². The van der Waals surface area contributed by atoms with Crippen LogP contribution in [0, 0.1) is 5.82 Å². The number of nitrogens with one attached hydrogen (secondary N) is 2. The Labute approximate surface area is 210 Å². The van der Waals surface area contributed by atoms with Gasteiger partial charge in [-0.05, 0) is 56.0 Å². The lowest BCUT2D eigenvalue weighted by molar-refractivity contribution is 0.419. The average molecular weight is 487 g/mol. The fraction of sp³-hybridized carbons (Fsp3) is 0.407. The Morgan fingerprint density at radius 3 is 2.75 bits per heavy atom. The maximum Gasteiger partial charge on any atom is 0.229 e. The van der Waals surface area contributed by atoms with Crippen molar-refractivity contribution in [1.82, 2.24) is 30.0 Å². The molecule has 2 aliphatic rings. The number of nitrogens with zero attached hydrogens (tertiary/aromatic N) is 6. The van der Waals surface area contributed by atoms with Crippen LogP contribution < -0.4 is 15.5 Å². The van der Waals surface area contributed by atoms with Crippen molar-refractivity contribution in [3.8, 4) is 11.3 Å². The number of pyridine rings is 1. The van der Waals surface area contributed by atoms with Crippen LogP contribution in [0.3, 0.4) is 0 Å². The first-order chi connectivity index (χ1) is 17.4. The van der Waals surface area contributed by atoms with E-state index in [1.807, 2.05) is 42.2 Å². The van der Waals surface area contributed by atoms with Gasteiger partial charge in [-0.15, -0.1) is 0 Å². The van der Waals surface area contributed by atoms with E-state index < -0.39 is 5.82 Å². The molecule has 2 fully saturated rings. The Kier molecular flexibility index (Phi) is 5.59. The van der Waals surface area contributed by atoms with Crippen molar-refractivity contribution in [2.24, 2.45) is 7.05 Å². The van der Waals surface area contributed by atoms with Crippen molar-refractivity contribution >= 4 is 28.4 Å². The van der Waals surface area contributed by atoms with Crippen LogP contribution in [-0.4, -0.2) is 49.9 Å². The molecule has 3 aromatic heterocycles. The van der Waals surface area contributed by atoms with Gasteiger partial charge in [-0.25, -0.2) is 19.3 Å². The third kappa shape index (κ3) is 4.07. The number of anilines is 3. The zero-order valence-electron chi connectivity index (χ0n) is 20.9. The first kappa shape index (κ1) is 22.8. The molecule has 0 saturated carbocycles. The molecule has 2 aliphatic heterocycles. The van der Waals surface area contributed by atoms with Crippen molar-refractivity contribution in [2.45, 2.75) is 44.6 Å². The minimum Gasteiger partial charge on any atom is -0.368 e. The molecule has 9 heteroatoms. The van der Waals surface area contributed by atoms with Crippen LogP contribution in [0.2, 0.25) is 0 Å². The summed E-state index contributed by atoms with van der Waals surface area (Å²) in [6.07, 6.45) is 6.75. The van der Waals surface area contributed by atoms with E-state index >= 15 is 0 Å². The molecule has 1 atom stereocenters. The fourth-order valence-corrected chi connectivity index (χ4v) is 5.75. The number of benzene rings is 1. The van der Waals surface area contributed by atoms with Gasteiger partial charge in [-0.3, -0.25) is 4.68 Å². The highest BCUT2D eigenvalue weighted by Gasteiger charge is 2.40. The molecule has 186 valence electrons. The SMILES string of the molecule is CC(C)c1c2cc(-c3nc(Nc4ccc(N5CCC6(CCCN6)C5)cn4)ncc3F)ccc2nn1C. The standard InChI is InChI=1S/C27H31FN8/c1-17(2)25-20-13-18(5-7-22(20)34-35(25)3)24-21(28)15-30-26(33-24)32-23-8-6-19(14-29-23)36-12-10-27(16-36)9-4-11-31-27/h5-8,13-15,17,31H,4,9-12,16H2,1-3H3,(H,29,30,32,33). The normalized spacial score (nSPS) is 19.8. The summed E-state index contributed by atoms with van der Waals surface area (Å²) < 4.78 is 16.7. The Balaban J connectivity index is 1.23. The van der Waals surface area contributed by atoms with Crippen LogP contribution in [0.5, 0.6) is 0 Å². The number of aromatic nitrogens is 5. The molecule has 6 rings (SSSR count). The zero-order valence-corrected chi connectivity index (χ0v) is 20.9. The van der Waals surface area contributed by atoms with Crippen LogP contribution >= 0.6 is 0 Å². The van der Waals surface area contributed by atoms with Crippen molar-refractivity contribution in [2.75, 3.05) is 29.9 Å². The average Bonchev–Trinajstić information content (AvgIpc) is 3.59. The predicted octanol–water partition coefficient (Wildman–Crippen LogP) is 4.76. The summed E-state index contributed by atoms with van der Waals surface area (Å²) in [6, 6.07) is 9.71. The van der Waals surface area contributed by atoms with E-state index in [4.69, 9.17) is 0 Å². The Bertz CT molecular complexity index is 1410. The minimum atomic E-state index is -0.471. The Hall–Kier alpha value is -3.59. The van der Waals surface area contributed by atoms with Crippen molar-refractivity contribution in [3.63, 3.8) is 0 Å². The lowest BCUT2D eigenvalue weighted by Gasteiger charge is -2.25. The van der Waals surface area contributed by atoms with E-state index in [1.165, 1.54) is 25.5 Å². The largest absolute Gasteiger partial charge is 0.368 e. The van der Waals surface area contributed by atoms with E-state index in [9.17, 15) is 4.39 Å². The maximum absolute atomic E-state index is 14.8. The third-order valence-corrected chi connectivity index (χ3v) is 7.48. The summed E-state index contributed by atoms with van der Waals surface area (Å²) in [7, 11) is 1.94. The summed E-state index contributed by atoms with van der Waals surface area (Å²) in [5, 5.41) is 12.4. The van der Waals surface area contributed by atoms with Gasteiger partial charge in [0.1, 0.15) is 11.5 Å². The zero-order chi connectivity index (χ0) is 24.9. The second kappa shape index (κ2) is 8.81. The first-order valence-electron chi connectivity index (χ1n) is 12.6. The third-order valence-electron chi connectivity index (χ3n) is 7.48. The molecule has 1 spiro atoms. The van der Waals surface area contributed by atoms with E-state index in [1.54, 1.807) is 0 Å². The minimum absolute atomic E-state index is 0.246. The molecular weight excluding hydrogens is 455 g/mol. The molecule has 4 aromatic rings. The van der Waals surface area contributed by atoms with Gasteiger partial charge in [0, 0.05) is 42.3 Å². The quantitative estimate of drug-likeness (QED) is 0.421. The van der Waals surface area contributed by atoms with Gasteiger partial charge in [0.25, 0.3) is 0 Å². The highest BCUT2D eigenvalue weighted by molar-refractivity contribution is 5.87. The van der Waals surface area contributed by atoms with Crippen LogP contribution in [-0.2, 0) is 7.05 Å². The van der Waals surface area contributed by atoms with Gasteiger partial charge in [0.2, 0.25) is 5.95 Å². The smallest absolute Gasteiger partial charge is 0.229 e. The van der Waals surface area contributed by atoms with E-state index in [0.29, 0.717) is 17.3 Å². The highest BCUT2D eigenvalue weighted by atomic mass is 19.1. The molecule has 0 aliphatic carbocycles. The molecule has 0 amide bonds. The number of aryl methyl sites for hydroxylation is 1. The van der Waals surface area contributed by atoms with Crippen LogP contribution in [0.4, 0.5) is 21.8 Å². The van der Waals surface area contributed by atoms with E-state index in [-0.39, 0.29) is 17.2 Å². The second-order valence-corrected chi connectivity index (χ2v) is 10.3. The Morgan fingerprint density at radius 1 is 1.11 bits per heavy atom. The monoisotopic (exact) mass is 486 g/mol. The molecule has 0 bridgehead atoms. The Morgan fingerprint density at radius 2 is 2.00 bits per heavy atom. The van der Waals surface area contributed by atoms with Gasteiger partial charge in [-0.1, -0.05) is 19.9 Å². The molecule has 5 heterocycles. The molecule has 1 unspecified atom stereocenters. The number of hydrogen-bond acceptors (Lipinski definition) is 7. The summed E-state index contributed by atoms with van der Waals surface area (Å²) in [5.74, 6) is 0.741. The van der Waals surface area contributed by atoms with Gasteiger partial charge in [0.05, 0.1) is 23.6 Å². The summed E-state index contributed by atoms with van der Waals surface area (Å²) >= 11 is 0. The van der Waals surface area contributed by atoms with Crippen LogP contribution in [0.15, 0.2) is 42.7 Å². The molecule has 8 nitrogen and oxygen atoms in total. The molecule has 1 aromatic carbocycles. The first-order valence-corrected chi connectivity index (χ1v) is 12.6. The number of fused-ring (bicyclic) bond motifs is 1. The van der Waals surface area contributed by atoms with Crippen molar-refractivity contribution in [3.05, 3.63) is 54.2 Å². The van der Waals surface area contributed by atoms with E-state index in [0.717, 1.165) is 41.9 Å². The molecule has 36 heavy (non-hydrogen) atoms. The maximum atomic E-state index is 14.8. The van der Waals surface area contributed by atoms with Crippen LogP contribution in [0.25, 0.3) is 22.2 Å². The molecule has 2 saturated heterocycles. The van der Waals surface area contributed by atoms with Crippen molar-refractivity contribution in [1.29, 1.82) is 0 Å². The van der Waals surface area contributed by atoms with Gasteiger partial charge in [0.15, 0.2) is 5.82 Å². The van der Waals surface area contributed by atoms with Crippen LogP contribution in [0.1, 0.15) is 44.7 Å². The van der Waals surface area contributed by atoms with Gasteiger partial charge in [-0.2, -0.15) is 5.10 Å². The van der Waals surface area contributed by atoms with Gasteiger partial charge >= 0.3 is 0 Å². The summed E-state index contributed by atoms with van der Waals surface area (Å²) in [4.78, 5) is 15.6. The number of hydrogen-bond donors (Lipinski definition) is 2. The lowest BCUT2D eigenvalue weighted by Crippen LogP contribution is -2.42. The second-order valence-electron chi connectivity index (χ2n) is 10.3. The topological polar surface area (TPSA) is 83.8 Å². The highest BCUT2D eigenvalue weighted by Crippen LogP contribution is 2.33. The van der Waals surface area contributed by atoms with Crippen molar-refractivity contribution < 1.29 is 4.39 Å².